The predicted molar refractivity (Wildman–Crippen MR) is 82.2 cm³/mol. The van der Waals surface area contributed by atoms with Crippen molar-refractivity contribution in [2.24, 2.45) is 11.0 Å². The fourth-order valence-electron chi connectivity index (χ4n) is 2.51. The number of hydrogen-bond acceptors (Lipinski definition) is 2. The summed E-state index contributed by atoms with van der Waals surface area (Å²) < 4.78 is 5.73. The maximum absolute atomic E-state index is 11.5. The lowest BCUT2D eigenvalue weighted by molar-refractivity contribution is -0.119. The number of ether oxygens (including phenoxy) is 1. The van der Waals surface area contributed by atoms with Crippen LogP contribution >= 0.6 is 0 Å². The first kappa shape index (κ1) is 14.2. The summed E-state index contributed by atoms with van der Waals surface area (Å²) in [6.45, 7) is 0.529. The Hall–Kier alpha value is -2.78. The van der Waals surface area contributed by atoms with E-state index >= 15 is 0 Å². The van der Waals surface area contributed by atoms with Gasteiger partial charge in [0, 0.05) is 10.8 Å². The summed E-state index contributed by atoms with van der Waals surface area (Å²) in [7, 11) is 0. The van der Waals surface area contributed by atoms with E-state index in [0.29, 0.717) is 6.61 Å². The highest BCUT2D eigenvalue weighted by Crippen LogP contribution is 2.48. The molecule has 0 heterocycles. The molecule has 1 fully saturated rings. The van der Waals surface area contributed by atoms with Crippen molar-refractivity contribution in [1.82, 2.24) is 0 Å². The van der Waals surface area contributed by atoms with Gasteiger partial charge in [0.05, 0.1) is 0 Å². The summed E-state index contributed by atoms with van der Waals surface area (Å²) in [4.78, 5) is 14.0. The molecule has 3 rings (SSSR count). The van der Waals surface area contributed by atoms with Crippen LogP contribution in [0.25, 0.3) is 10.4 Å². The Balaban J connectivity index is 1.57. The minimum absolute atomic E-state index is 0.160. The molecule has 0 aliphatic heterocycles. The number of amides is 1. The van der Waals surface area contributed by atoms with Crippen molar-refractivity contribution >= 4 is 5.91 Å². The molecule has 1 aliphatic carbocycles. The summed E-state index contributed by atoms with van der Waals surface area (Å²) in [6.07, 6.45) is 0.752. The van der Waals surface area contributed by atoms with Crippen LogP contribution in [0.4, 0.5) is 0 Å². The summed E-state index contributed by atoms with van der Waals surface area (Å²) in [6, 6.07) is 17.7. The third-order valence-electron chi connectivity index (χ3n) is 3.81. The van der Waals surface area contributed by atoms with Crippen LogP contribution in [0.2, 0.25) is 0 Å². The van der Waals surface area contributed by atoms with E-state index in [1.54, 1.807) is 0 Å². The standard InChI is InChI=1S/C17H15N3O2/c18-20-19-17(21)16-10-15(16)13-6-8-14(9-7-13)22-11-12-4-2-1-3-5-12/h1-9,15-16H,10-11H2/t15-,16+/m1/s1. The van der Waals surface area contributed by atoms with Gasteiger partial charge in [-0.25, -0.2) is 0 Å². The Bertz CT molecular complexity index is 706. The third-order valence-corrected chi connectivity index (χ3v) is 3.81. The molecule has 2 aromatic rings. The molecular formula is C17H15N3O2. The molecule has 0 aromatic heterocycles. The Kier molecular flexibility index (Phi) is 4.08. The number of nitrogens with zero attached hydrogens (tertiary/aromatic N) is 3. The van der Waals surface area contributed by atoms with Crippen molar-refractivity contribution in [2.45, 2.75) is 18.9 Å². The van der Waals surface area contributed by atoms with Gasteiger partial charge >= 0.3 is 0 Å². The van der Waals surface area contributed by atoms with E-state index in [9.17, 15) is 4.79 Å². The molecule has 5 nitrogen and oxygen atoms in total. The van der Waals surface area contributed by atoms with E-state index in [2.05, 4.69) is 10.0 Å². The number of carbonyl (C=O) groups excluding carboxylic acids is 1. The van der Waals surface area contributed by atoms with Gasteiger partial charge in [-0.15, -0.1) is 0 Å². The quantitative estimate of drug-likeness (QED) is 0.470. The van der Waals surface area contributed by atoms with Gasteiger partial charge in [0.2, 0.25) is 5.91 Å². The van der Waals surface area contributed by atoms with Gasteiger partial charge < -0.3 is 4.74 Å². The minimum atomic E-state index is -0.364. The van der Waals surface area contributed by atoms with E-state index in [-0.39, 0.29) is 17.7 Å². The van der Waals surface area contributed by atoms with E-state index in [4.69, 9.17) is 10.3 Å². The Labute approximate surface area is 128 Å². The van der Waals surface area contributed by atoms with Crippen molar-refractivity contribution in [3.8, 4) is 5.75 Å². The molecule has 0 bridgehead atoms. The molecular weight excluding hydrogens is 278 g/mol. The zero-order chi connectivity index (χ0) is 15.4. The Morgan fingerprint density at radius 1 is 1.18 bits per heavy atom. The normalized spacial score (nSPS) is 19.1. The van der Waals surface area contributed by atoms with E-state index in [1.165, 1.54) is 0 Å². The largest absolute Gasteiger partial charge is 0.489 e. The SMILES string of the molecule is [N-]=[N+]=NC(=O)[C@H]1C[C@@H]1c1ccc(OCc2ccccc2)cc1. The molecule has 2 atom stereocenters. The first-order chi connectivity index (χ1) is 10.8. The number of carbonyl (C=O) groups is 1. The second kappa shape index (κ2) is 6.33. The van der Waals surface area contributed by atoms with Gasteiger partial charge in [0.15, 0.2) is 0 Å². The van der Waals surface area contributed by atoms with Crippen LogP contribution in [-0.2, 0) is 11.4 Å². The monoisotopic (exact) mass is 293 g/mol. The van der Waals surface area contributed by atoms with Gasteiger partial charge in [-0.2, -0.15) is 0 Å². The summed E-state index contributed by atoms with van der Waals surface area (Å²) in [5, 5.41) is 3.16. The summed E-state index contributed by atoms with van der Waals surface area (Å²) >= 11 is 0. The van der Waals surface area contributed by atoms with Crippen molar-refractivity contribution in [2.75, 3.05) is 0 Å². The zero-order valence-electron chi connectivity index (χ0n) is 11.9. The molecule has 0 spiro atoms. The fraction of sp³-hybridized carbons (Fsp3) is 0.235. The van der Waals surface area contributed by atoms with Gasteiger partial charge in [-0.1, -0.05) is 42.5 Å². The van der Waals surface area contributed by atoms with Crippen molar-refractivity contribution < 1.29 is 9.53 Å². The van der Waals surface area contributed by atoms with Gasteiger partial charge in [0.1, 0.15) is 12.4 Å². The molecule has 0 radical (unpaired) electrons. The maximum Gasteiger partial charge on any atom is 0.222 e. The molecule has 110 valence electrons. The Morgan fingerprint density at radius 3 is 2.59 bits per heavy atom. The second-order valence-corrected chi connectivity index (χ2v) is 5.32. The lowest BCUT2D eigenvalue weighted by Crippen LogP contribution is -1.97. The van der Waals surface area contributed by atoms with Crippen LogP contribution in [-0.4, -0.2) is 5.91 Å². The average Bonchev–Trinajstić information content (AvgIpc) is 3.35. The lowest BCUT2D eigenvalue weighted by atomic mass is 10.1. The lowest BCUT2D eigenvalue weighted by Gasteiger charge is -2.07. The Morgan fingerprint density at radius 2 is 1.91 bits per heavy atom. The molecule has 0 N–H and O–H groups in total. The van der Waals surface area contributed by atoms with Gasteiger partial charge in [0.25, 0.3) is 0 Å². The first-order valence-electron chi connectivity index (χ1n) is 7.13. The van der Waals surface area contributed by atoms with Crippen LogP contribution in [0, 0.1) is 5.92 Å². The highest BCUT2D eigenvalue weighted by atomic mass is 16.5. The molecule has 1 saturated carbocycles. The number of hydrogen-bond donors (Lipinski definition) is 0. The van der Waals surface area contributed by atoms with E-state index in [1.807, 2.05) is 54.6 Å². The van der Waals surface area contributed by atoms with E-state index < -0.39 is 0 Å². The minimum Gasteiger partial charge on any atom is -0.489 e. The first-order valence-corrected chi connectivity index (χ1v) is 7.13. The number of benzene rings is 2. The van der Waals surface area contributed by atoms with Crippen LogP contribution in [0.15, 0.2) is 59.7 Å². The zero-order valence-corrected chi connectivity index (χ0v) is 11.9. The molecule has 0 unspecified atom stereocenters. The molecule has 2 aromatic carbocycles. The third kappa shape index (κ3) is 3.27. The van der Waals surface area contributed by atoms with Crippen molar-refractivity contribution in [3.05, 3.63) is 76.2 Å². The van der Waals surface area contributed by atoms with Crippen LogP contribution < -0.4 is 4.74 Å². The second-order valence-electron chi connectivity index (χ2n) is 5.32. The highest BCUT2D eigenvalue weighted by molar-refractivity contribution is 5.83. The van der Waals surface area contributed by atoms with Crippen LogP contribution in [0.3, 0.4) is 0 Å². The number of azide groups is 1. The smallest absolute Gasteiger partial charge is 0.222 e. The molecule has 22 heavy (non-hydrogen) atoms. The molecule has 0 saturated heterocycles. The van der Waals surface area contributed by atoms with Gasteiger partial charge in [-0.3, -0.25) is 4.79 Å². The van der Waals surface area contributed by atoms with Crippen LogP contribution in [0.1, 0.15) is 23.5 Å². The summed E-state index contributed by atoms with van der Waals surface area (Å²) in [5.74, 6) is 0.441. The van der Waals surface area contributed by atoms with Crippen molar-refractivity contribution in [1.29, 1.82) is 0 Å². The predicted octanol–water partition coefficient (Wildman–Crippen LogP) is 4.21. The van der Waals surface area contributed by atoms with Crippen LogP contribution in [0.5, 0.6) is 5.75 Å². The topological polar surface area (TPSA) is 75.1 Å². The molecule has 1 amide bonds. The fourth-order valence-corrected chi connectivity index (χ4v) is 2.51. The maximum atomic E-state index is 11.5. The molecule has 1 aliphatic rings. The highest BCUT2D eigenvalue weighted by Gasteiger charge is 2.43. The van der Waals surface area contributed by atoms with Gasteiger partial charge in [-0.05, 0) is 46.2 Å². The summed E-state index contributed by atoms with van der Waals surface area (Å²) in [5.41, 5.74) is 10.5. The van der Waals surface area contributed by atoms with E-state index in [0.717, 1.165) is 23.3 Å². The molecule has 5 heteroatoms. The average molecular weight is 293 g/mol. The van der Waals surface area contributed by atoms with Crippen molar-refractivity contribution in [3.63, 3.8) is 0 Å². The number of rotatable bonds is 5.